The van der Waals surface area contributed by atoms with E-state index in [1.807, 2.05) is 24.7 Å². The predicted octanol–water partition coefficient (Wildman–Crippen LogP) is 2.76. The Morgan fingerprint density at radius 1 is 1.37 bits per heavy atom. The van der Waals surface area contributed by atoms with Crippen LogP contribution >= 0.6 is 0 Å². The number of nitrogens with zero attached hydrogens (tertiary/aromatic N) is 2. The van der Waals surface area contributed by atoms with Gasteiger partial charge in [0.05, 0.1) is 5.69 Å². The Hall–Kier alpha value is -1.68. The summed E-state index contributed by atoms with van der Waals surface area (Å²) < 4.78 is 15.2. The summed E-state index contributed by atoms with van der Waals surface area (Å²) in [5.74, 6) is -0.193. The minimum absolute atomic E-state index is 0.107. The molecule has 1 aromatic carbocycles. The lowest BCUT2D eigenvalue weighted by Crippen LogP contribution is -2.24. The van der Waals surface area contributed by atoms with Crippen LogP contribution in [0.25, 0.3) is 0 Å². The van der Waals surface area contributed by atoms with E-state index in [2.05, 4.69) is 23.4 Å². The van der Waals surface area contributed by atoms with Crippen LogP contribution in [0.2, 0.25) is 0 Å². The Kier molecular flexibility index (Phi) is 4.32. The number of hydrogen-bond acceptors (Lipinski definition) is 2. The Labute approximate surface area is 113 Å². The van der Waals surface area contributed by atoms with E-state index in [-0.39, 0.29) is 11.9 Å². The lowest BCUT2D eigenvalue weighted by atomic mass is 10.0. The van der Waals surface area contributed by atoms with Gasteiger partial charge in [-0.2, -0.15) is 5.10 Å². The van der Waals surface area contributed by atoms with E-state index in [0.29, 0.717) is 0 Å². The van der Waals surface area contributed by atoms with Crippen LogP contribution in [0.5, 0.6) is 0 Å². The number of halogens is 1. The molecule has 0 radical (unpaired) electrons. The highest BCUT2D eigenvalue weighted by Gasteiger charge is 2.14. The first kappa shape index (κ1) is 13.7. The maximum Gasteiger partial charge on any atom is 0.123 e. The molecule has 0 saturated carbocycles. The standard InChI is InChI=1S/C15H20FN3/c1-4-17-15(12-6-5-7-13(16)9-12)10-14-8-11(2)18-19(14)3/h5-9,15,17H,4,10H2,1-3H3. The molecular formula is C15H20FN3. The molecular weight excluding hydrogens is 241 g/mol. The van der Waals surface area contributed by atoms with E-state index in [0.717, 1.165) is 29.9 Å². The van der Waals surface area contributed by atoms with Gasteiger partial charge < -0.3 is 5.32 Å². The zero-order chi connectivity index (χ0) is 13.8. The second-order valence-corrected chi connectivity index (χ2v) is 4.77. The van der Waals surface area contributed by atoms with E-state index >= 15 is 0 Å². The van der Waals surface area contributed by atoms with E-state index in [4.69, 9.17) is 0 Å². The number of rotatable bonds is 5. The third-order valence-corrected chi connectivity index (χ3v) is 3.21. The summed E-state index contributed by atoms with van der Waals surface area (Å²) in [7, 11) is 1.94. The number of likely N-dealkylation sites (N-methyl/N-ethyl adjacent to an activating group) is 1. The number of benzene rings is 1. The predicted molar refractivity (Wildman–Crippen MR) is 74.5 cm³/mol. The fourth-order valence-corrected chi connectivity index (χ4v) is 2.34. The summed E-state index contributed by atoms with van der Waals surface area (Å²) in [6, 6.07) is 8.96. The van der Waals surface area contributed by atoms with Gasteiger partial charge in [0.25, 0.3) is 0 Å². The molecule has 0 fully saturated rings. The van der Waals surface area contributed by atoms with Crippen molar-refractivity contribution in [2.75, 3.05) is 6.54 Å². The maximum absolute atomic E-state index is 13.3. The van der Waals surface area contributed by atoms with Crippen molar-refractivity contribution < 1.29 is 4.39 Å². The highest BCUT2D eigenvalue weighted by Crippen LogP contribution is 2.19. The normalized spacial score (nSPS) is 12.6. The van der Waals surface area contributed by atoms with Crippen LogP contribution in [0.3, 0.4) is 0 Å². The van der Waals surface area contributed by atoms with Crippen molar-refractivity contribution >= 4 is 0 Å². The summed E-state index contributed by atoms with van der Waals surface area (Å²) in [5.41, 5.74) is 3.13. The van der Waals surface area contributed by atoms with Gasteiger partial charge in [-0.25, -0.2) is 4.39 Å². The zero-order valence-electron chi connectivity index (χ0n) is 11.7. The van der Waals surface area contributed by atoms with Crippen LogP contribution in [-0.2, 0) is 13.5 Å². The quantitative estimate of drug-likeness (QED) is 0.897. The van der Waals surface area contributed by atoms with E-state index in [1.165, 1.54) is 6.07 Å². The smallest absolute Gasteiger partial charge is 0.123 e. The molecule has 0 bridgehead atoms. The Bertz CT molecular complexity index is 548. The highest BCUT2D eigenvalue weighted by atomic mass is 19.1. The molecule has 0 aliphatic rings. The van der Waals surface area contributed by atoms with Crippen LogP contribution in [0.15, 0.2) is 30.3 Å². The minimum atomic E-state index is -0.193. The van der Waals surface area contributed by atoms with Gasteiger partial charge in [-0.1, -0.05) is 19.1 Å². The van der Waals surface area contributed by atoms with Crippen LogP contribution in [0.1, 0.15) is 29.9 Å². The monoisotopic (exact) mass is 261 g/mol. The Morgan fingerprint density at radius 3 is 2.74 bits per heavy atom. The summed E-state index contributed by atoms with van der Waals surface area (Å²) >= 11 is 0. The number of aryl methyl sites for hydroxylation is 2. The molecule has 2 aromatic rings. The minimum Gasteiger partial charge on any atom is -0.310 e. The van der Waals surface area contributed by atoms with Crippen molar-refractivity contribution in [3.8, 4) is 0 Å². The summed E-state index contributed by atoms with van der Waals surface area (Å²) in [6.45, 7) is 4.88. The molecule has 1 aromatic heterocycles. The SMILES string of the molecule is CCNC(Cc1cc(C)nn1C)c1cccc(F)c1. The molecule has 2 rings (SSSR count). The Morgan fingerprint density at radius 2 is 2.16 bits per heavy atom. The summed E-state index contributed by atoms with van der Waals surface area (Å²) in [6.07, 6.45) is 0.800. The molecule has 0 amide bonds. The highest BCUT2D eigenvalue weighted by molar-refractivity contribution is 5.22. The third-order valence-electron chi connectivity index (χ3n) is 3.21. The van der Waals surface area contributed by atoms with Crippen molar-refractivity contribution in [1.82, 2.24) is 15.1 Å². The molecule has 1 N–H and O–H groups in total. The molecule has 0 saturated heterocycles. The van der Waals surface area contributed by atoms with Crippen LogP contribution in [-0.4, -0.2) is 16.3 Å². The lowest BCUT2D eigenvalue weighted by molar-refractivity contribution is 0.524. The number of aromatic nitrogens is 2. The van der Waals surface area contributed by atoms with Crippen molar-refractivity contribution in [3.05, 3.63) is 53.1 Å². The van der Waals surface area contributed by atoms with Gasteiger partial charge in [0.2, 0.25) is 0 Å². The molecule has 1 heterocycles. The van der Waals surface area contributed by atoms with Gasteiger partial charge in [0.1, 0.15) is 5.82 Å². The molecule has 102 valence electrons. The number of nitrogens with one attached hydrogen (secondary N) is 1. The first-order valence-corrected chi connectivity index (χ1v) is 6.58. The van der Waals surface area contributed by atoms with Crippen molar-refractivity contribution in [2.45, 2.75) is 26.3 Å². The fraction of sp³-hybridized carbons (Fsp3) is 0.400. The summed E-state index contributed by atoms with van der Waals surface area (Å²) in [4.78, 5) is 0. The zero-order valence-corrected chi connectivity index (χ0v) is 11.7. The molecule has 0 aliphatic carbocycles. The fourth-order valence-electron chi connectivity index (χ4n) is 2.34. The molecule has 1 unspecified atom stereocenters. The first-order valence-electron chi connectivity index (χ1n) is 6.58. The molecule has 19 heavy (non-hydrogen) atoms. The molecule has 3 nitrogen and oxygen atoms in total. The second-order valence-electron chi connectivity index (χ2n) is 4.77. The van der Waals surface area contributed by atoms with E-state index in [1.54, 1.807) is 12.1 Å². The topological polar surface area (TPSA) is 29.9 Å². The maximum atomic E-state index is 13.3. The lowest BCUT2D eigenvalue weighted by Gasteiger charge is -2.18. The average molecular weight is 261 g/mol. The first-order chi connectivity index (χ1) is 9.10. The van der Waals surface area contributed by atoms with E-state index < -0.39 is 0 Å². The van der Waals surface area contributed by atoms with Gasteiger partial charge in [0.15, 0.2) is 0 Å². The van der Waals surface area contributed by atoms with Gasteiger partial charge in [-0.15, -0.1) is 0 Å². The third kappa shape index (κ3) is 3.41. The van der Waals surface area contributed by atoms with Gasteiger partial charge in [-0.3, -0.25) is 4.68 Å². The van der Waals surface area contributed by atoms with E-state index in [9.17, 15) is 4.39 Å². The molecule has 1 atom stereocenters. The van der Waals surface area contributed by atoms with Crippen molar-refractivity contribution in [3.63, 3.8) is 0 Å². The molecule has 4 heteroatoms. The average Bonchev–Trinajstić information content (AvgIpc) is 2.67. The van der Waals surface area contributed by atoms with Crippen molar-refractivity contribution in [2.24, 2.45) is 7.05 Å². The van der Waals surface area contributed by atoms with Gasteiger partial charge in [0, 0.05) is 25.2 Å². The van der Waals surface area contributed by atoms with Crippen LogP contribution < -0.4 is 5.32 Å². The van der Waals surface area contributed by atoms with Crippen molar-refractivity contribution in [1.29, 1.82) is 0 Å². The summed E-state index contributed by atoms with van der Waals surface area (Å²) in [5, 5.41) is 7.75. The van der Waals surface area contributed by atoms with Crippen LogP contribution in [0, 0.1) is 12.7 Å². The Balaban J connectivity index is 2.23. The van der Waals surface area contributed by atoms with Gasteiger partial charge >= 0.3 is 0 Å². The van der Waals surface area contributed by atoms with Gasteiger partial charge in [-0.05, 0) is 37.2 Å². The number of hydrogen-bond donors (Lipinski definition) is 1. The second kappa shape index (κ2) is 5.97. The largest absolute Gasteiger partial charge is 0.310 e. The van der Waals surface area contributed by atoms with Crippen LogP contribution in [0.4, 0.5) is 4.39 Å². The molecule has 0 spiro atoms. The molecule has 0 aliphatic heterocycles.